The van der Waals surface area contributed by atoms with Gasteiger partial charge in [-0.15, -0.1) is 0 Å². The number of hydrogen-bond donors (Lipinski definition) is 0. The molecule has 2 aliphatic heterocycles. The number of fused-ring (bicyclic) bond motifs is 1. The second-order valence-electron chi connectivity index (χ2n) is 6.95. The van der Waals surface area contributed by atoms with Gasteiger partial charge < -0.3 is 9.47 Å². The van der Waals surface area contributed by atoms with Crippen molar-refractivity contribution in [1.82, 2.24) is 9.88 Å². The van der Waals surface area contributed by atoms with Crippen molar-refractivity contribution in [1.29, 1.82) is 0 Å². The van der Waals surface area contributed by atoms with Crippen LogP contribution in [-0.4, -0.2) is 49.3 Å². The molecule has 1 aromatic rings. The molecule has 0 aromatic carbocycles. The Labute approximate surface area is 142 Å². The predicted octanol–water partition coefficient (Wildman–Crippen LogP) is 2.45. The summed E-state index contributed by atoms with van der Waals surface area (Å²) < 4.78 is 10.6. The first-order chi connectivity index (χ1) is 11.7. The minimum Gasteiger partial charge on any atom is -0.464 e. The Hall–Kier alpha value is -1.72. The lowest BCUT2D eigenvalue weighted by Gasteiger charge is -2.44. The number of pyridine rings is 1. The third-order valence-electron chi connectivity index (χ3n) is 5.91. The summed E-state index contributed by atoms with van der Waals surface area (Å²) in [6.07, 6.45) is 9.69. The quantitative estimate of drug-likeness (QED) is 0.616. The summed E-state index contributed by atoms with van der Waals surface area (Å²) in [5.74, 6) is -0.364. The van der Waals surface area contributed by atoms with Crippen LogP contribution in [0.1, 0.15) is 47.3 Å². The van der Waals surface area contributed by atoms with E-state index in [0.29, 0.717) is 5.69 Å². The van der Waals surface area contributed by atoms with E-state index in [9.17, 15) is 4.79 Å². The molecule has 1 spiro atoms. The zero-order valence-corrected chi connectivity index (χ0v) is 14.4. The van der Waals surface area contributed by atoms with Gasteiger partial charge in [0.25, 0.3) is 0 Å². The summed E-state index contributed by atoms with van der Waals surface area (Å²) in [6, 6.07) is 1.94. The van der Waals surface area contributed by atoms with E-state index in [4.69, 9.17) is 9.47 Å². The van der Waals surface area contributed by atoms with Crippen LogP contribution in [0, 0.1) is 0 Å². The topological polar surface area (TPSA) is 51.7 Å². The number of ether oxygens (including phenoxy) is 2. The summed E-state index contributed by atoms with van der Waals surface area (Å²) in [7, 11) is 3.20. The first kappa shape index (κ1) is 15.8. The fourth-order valence-electron chi connectivity index (χ4n) is 4.76. The Kier molecular flexibility index (Phi) is 3.93. The molecule has 1 fully saturated rings. The van der Waals surface area contributed by atoms with Gasteiger partial charge in [0.2, 0.25) is 0 Å². The van der Waals surface area contributed by atoms with Crippen molar-refractivity contribution in [3.63, 3.8) is 0 Å². The molecule has 1 aliphatic carbocycles. The van der Waals surface area contributed by atoms with Gasteiger partial charge in [0.15, 0.2) is 0 Å². The summed E-state index contributed by atoms with van der Waals surface area (Å²) in [6.45, 7) is 2.18. The summed E-state index contributed by atoms with van der Waals surface area (Å²) in [4.78, 5) is 18.9. The Morgan fingerprint density at radius 1 is 1.33 bits per heavy atom. The predicted molar refractivity (Wildman–Crippen MR) is 89.9 cm³/mol. The SMILES string of the molecule is COC(=O)c1cc2c(cn1)C13CC(OC)CC=C1CCN3CCC2. The fourth-order valence-corrected chi connectivity index (χ4v) is 4.76. The number of rotatable bonds is 2. The van der Waals surface area contributed by atoms with Crippen LogP contribution in [0.2, 0.25) is 0 Å². The minimum absolute atomic E-state index is 0.0909. The molecule has 1 saturated heterocycles. The molecule has 0 radical (unpaired) electrons. The van der Waals surface area contributed by atoms with Crippen LogP contribution in [0.4, 0.5) is 0 Å². The Balaban J connectivity index is 1.86. The average molecular weight is 328 g/mol. The zero-order valence-electron chi connectivity index (χ0n) is 14.4. The lowest BCUT2D eigenvalue weighted by atomic mass is 9.73. The number of hydrogen-bond acceptors (Lipinski definition) is 5. The zero-order chi connectivity index (χ0) is 16.7. The maximum Gasteiger partial charge on any atom is 0.356 e. The summed E-state index contributed by atoms with van der Waals surface area (Å²) in [5.41, 5.74) is 4.32. The van der Waals surface area contributed by atoms with Gasteiger partial charge in [-0.1, -0.05) is 6.08 Å². The van der Waals surface area contributed by atoms with Crippen molar-refractivity contribution in [2.75, 3.05) is 27.3 Å². The monoisotopic (exact) mass is 328 g/mol. The van der Waals surface area contributed by atoms with Crippen LogP contribution in [0.25, 0.3) is 0 Å². The first-order valence-electron chi connectivity index (χ1n) is 8.74. The number of esters is 1. The van der Waals surface area contributed by atoms with Crippen LogP contribution in [0.15, 0.2) is 23.9 Å². The van der Waals surface area contributed by atoms with Gasteiger partial charge in [0.05, 0.1) is 18.8 Å². The number of carbonyl (C=O) groups is 1. The van der Waals surface area contributed by atoms with Gasteiger partial charge in [-0.25, -0.2) is 9.78 Å². The van der Waals surface area contributed by atoms with Crippen molar-refractivity contribution >= 4 is 5.97 Å². The van der Waals surface area contributed by atoms with E-state index in [1.54, 1.807) is 7.11 Å². The third-order valence-corrected chi connectivity index (χ3v) is 5.91. The highest BCUT2D eigenvalue weighted by Crippen LogP contribution is 2.51. The summed E-state index contributed by atoms with van der Waals surface area (Å²) >= 11 is 0. The van der Waals surface area contributed by atoms with Gasteiger partial charge in [-0.3, -0.25) is 4.90 Å². The molecule has 3 heterocycles. The normalized spacial score (nSPS) is 29.1. The highest BCUT2D eigenvalue weighted by molar-refractivity contribution is 5.87. The molecule has 128 valence electrons. The smallest absolute Gasteiger partial charge is 0.356 e. The average Bonchev–Trinajstić information content (AvgIpc) is 2.92. The van der Waals surface area contributed by atoms with Crippen LogP contribution in [-0.2, 0) is 21.4 Å². The number of nitrogens with zero attached hydrogens (tertiary/aromatic N) is 2. The Bertz CT molecular complexity index is 700. The van der Waals surface area contributed by atoms with Crippen LogP contribution in [0.5, 0.6) is 0 Å². The standard InChI is InChI=1S/C19H24N2O3/c1-23-15-6-5-14-7-9-21-8-3-4-13-10-17(18(22)24-2)20-12-16(13)19(14,21)11-15/h5,10,12,15H,3-4,6-9,11H2,1-2H3. The van der Waals surface area contributed by atoms with Gasteiger partial charge in [0.1, 0.15) is 5.69 Å². The molecule has 24 heavy (non-hydrogen) atoms. The fraction of sp³-hybridized carbons (Fsp3) is 0.579. The Morgan fingerprint density at radius 3 is 3.00 bits per heavy atom. The highest BCUT2D eigenvalue weighted by atomic mass is 16.5. The second-order valence-corrected chi connectivity index (χ2v) is 6.95. The maximum atomic E-state index is 11.9. The number of aromatic nitrogens is 1. The first-order valence-corrected chi connectivity index (χ1v) is 8.74. The second kappa shape index (κ2) is 5.97. The van der Waals surface area contributed by atoms with Gasteiger partial charge in [-0.05, 0) is 55.0 Å². The molecule has 1 aromatic heterocycles. The van der Waals surface area contributed by atoms with E-state index in [2.05, 4.69) is 16.0 Å². The van der Waals surface area contributed by atoms with E-state index in [0.717, 1.165) is 45.2 Å². The molecule has 0 N–H and O–H groups in total. The number of methoxy groups -OCH3 is 2. The molecular formula is C19H24N2O3. The maximum absolute atomic E-state index is 11.9. The summed E-state index contributed by atoms with van der Waals surface area (Å²) in [5, 5.41) is 0. The van der Waals surface area contributed by atoms with Crippen molar-refractivity contribution in [2.45, 2.75) is 43.7 Å². The van der Waals surface area contributed by atoms with E-state index in [-0.39, 0.29) is 17.6 Å². The largest absolute Gasteiger partial charge is 0.464 e. The van der Waals surface area contributed by atoms with Crippen molar-refractivity contribution in [3.8, 4) is 0 Å². The lowest BCUT2D eigenvalue weighted by molar-refractivity contribution is 0.0345. The van der Waals surface area contributed by atoms with Gasteiger partial charge in [0, 0.05) is 26.3 Å². The van der Waals surface area contributed by atoms with Crippen LogP contribution < -0.4 is 0 Å². The van der Waals surface area contributed by atoms with Gasteiger partial charge >= 0.3 is 5.97 Å². The van der Waals surface area contributed by atoms with Gasteiger partial charge in [-0.2, -0.15) is 0 Å². The van der Waals surface area contributed by atoms with E-state index >= 15 is 0 Å². The molecular weight excluding hydrogens is 304 g/mol. The van der Waals surface area contributed by atoms with Crippen LogP contribution in [0.3, 0.4) is 0 Å². The molecule has 2 atom stereocenters. The van der Waals surface area contributed by atoms with Crippen LogP contribution >= 0.6 is 0 Å². The van der Waals surface area contributed by atoms with Crippen molar-refractivity contribution in [3.05, 3.63) is 40.7 Å². The molecule has 4 rings (SSSR count). The van der Waals surface area contributed by atoms with E-state index in [1.807, 2.05) is 12.3 Å². The molecule has 0 saturated carbocycles. The number of aryl methyl sites for hydroxylation is 1. The van der Waals surface area contributed by atoms with E-state index in [1.165, 1.54) is 23.8 Å². The highest BCUT2D eigenvalue weighted by Gasteiger charge is 2.51. The van der Waals surface area contributed by atoms with Crippen molar-refractivity contribution < 1.29 is 14.3 Å². The molecule has 0 amide bonds. The molecule has 2 unspecified atom stereocenters. The lowest BCUT2D eigenvalue weighted by Crippen LogP contribution is -2.46. The molecule has 0 bridgehead atoms. The molecule has 5 nitrogen and oxygen atoms in total. The molecule has 3 aliphatic rings. The third kappa shape index (κ3) is 2.22. The Morgan fingerprint density at radius 2 is 2.21 bits per heavy atom. The molecule has 5 heteroatoms. The van der Waals surface area contributed by atoms with Crippen molar-refractivity contribution in [2.24, 2.45) is 0 Å². The number of carbonyl (C=O) groups excluding carboxylic acids is 1. The minimum atomic E-state index is -0.364. The van der Waals surface area contributed by atoms with E-state index < -0.39 is 0 Å².